The van der Waals surface area contributed by atoms with E-state index in [2.05, 4.69) is 10.6 Å². The summed E-state index contributed by atoms with van der Waals surface area (Å²) in [7, 11) is 6.93. The van der Waals surface area contributed by atoms with Crippen molar-refractivity contribution in [1.29, 1.82) is 0 Å². The molecule has 2 N–H and O–H groups in total. The Morgan fingerprint density at radius 2 is 1.50 bits per heavy atom. The predicted octanol–water partition coefficient (Wildman–Crippen LogP) is 4.49. The van der Waals surface area contributed by atoms with Crippen LogP contribution in [0.2, 0.25) is 0 Å². The summed E-state index contributed by atoms with van der Waals surface area (Å²) < 4.78 is 10.5. The molecule has 0 bridgehead atoms. The van der Waals surface area contributed by atoms with E-state index in [-0.39, 0.29) is 5.70 Å². The third kappa shape index (κ3) is 6.16. The molecule has 0 unspecified atom stereocenters. The quantitative estimate of drug-likeness (QED) is 0.485. The maximum Gasteiger partial charge on any atom is 0.272 e. The van der Waals surface area contributed by atoms with E-state index in [1.165, 1.54) is 14.2 Å². The summed E-state index contributed by atoms with van der Waals surface area (Å²) in [5, 5.41) is 5.58. The van der Waals surface area contributed by atoms with Crippen LogP contribution in [0.25, 0.3) is 6.08 Å². The Hall–Kier alpha value is -4.26. The summed E-state index contributed by atoms with van der Waals surface area (Å²) in [4.78, 5) is 28.1. The molecule has 3 aromatic carbocycles. The highest BCUT2D eigenvalue weighted by molar-refractivity contribution is 6.10. The van der Waals surface area contributed by atoms with Crippen molar-refractivity contribution in [3.8, 4) is 11.5 Å². The Bertz CT molecular complexity index is 1180. The molecule has 3 aromatic rings. The fourth-order valence-corrected chi connectivity index (χ4v) is 3.20. The average Bonchev–Trinajstić information content (AvgIpc) is 2.84. The van der Waals surface area contributed by atoms with Gasteiger partial charge >= 0.3 is 0 Å². The normalized spacial score (nSPS) is 10.9. The number of amides is 2. The molecule has 0 aliphatic carbocycles. The lowest BCUT2D eigenvalue weighted by Gasteiger charge is -2.14. The predicted molar refractivity (Wildman–Crippen MR) is 136 cm³/mol. The number of aryl methyl sites for hydroxylation is 1. The first-order valence-corrected chi connectivity index (χ1v) is 10.7. The van der Waals surface area contributed by atoms with Gasteiger partial charge in [-0.2, -0.15) is 0 Å². The molecule has 0 aliphatic heterocycles. The lowest BCUT2D eigenvalue weighted by Crippen LogP contribution is -2.30. The molecule has 3 rings (SSSR count). The maximum absolute atomic E-state index is 13.1. The number of hydrogen-bond donors (Lipinski definition) is 2. The zero-order valence-electron chi connectivity index (χ0n) is 20.0. The molecule has 0 aliphatic rings. The number of nitrogens with one attached hydrogen (secondary N) is 2. The Morgan fingerprint density at radius 1 is 0.853 bits per heavy atom. The van der Waals surface area contributed by atoms with E-state index >= 15 is 0 Å². The maximum atomic E-state index is 13.1. The van der Waals surface area contributed by atoms with E-state index in [0.29, 0.717) is 22.7 Å². The van der Waals surface area contributed by atoms with Crippen molar-refractivity contribution in [1.82, 2.24) is 5.32 Å². The van der Waals surface area contributed by atoms with Crippen LogP contribution in [-0.4, -0.2) is 40.1 Å². The van der Waals surface area contributed by atoms with Crippen LogP contribution >= 0.6 is 0 Å². The van der Waals surface area contributed by atoms with Gasteiger partial charge in [0.25, 0.3) is 11.8 Å². The zero-order chi connectivity index (χ0) is 24.7. The lowest BCUT2D eigenvalue weighted by molar-refractivity contribution is -0.113. The molecule has 0 saturated carbocycles. The summed E-state index contributed by atoms with van der Waals surface area (Å²) in [6.45, 7) is 1.97. The van der Waals surface area contributed by atoms with Gasteiger partial charge in [0.1, 0.15) is 5.70 Å². The van der Waals surface area contributed by atoms with Gasteiger partial charge in [0, 0.05) is 31.0 Å². The topological polar surface area (TPSA) is 79.9 Å². The first-order chi connectivity index (χ1) is 16.3. The van der Waals surface area contributed by atoms with Gasteiger partial charge < -0.3 is 25.0 Å². The third-order valence-corrected chi connectivity index (χ3v) is 5.17. The van der Waals surface area contributed by atoms with E-state index in [9.17, 15) is 9.59 Å². The molecule has 0 spiro atoms. The molecule has 7 nitrogen and oxygen atoms in total. The van der Waals surface area contributed by atoms with Crippen molar-refractivity contribution >= 4 is 29.3 Å². The van der Waals surface area contributed by atoms with Crippen LogP contribution in [0.5, 0.6) is 11.5 Å². The molecule has 0 aromatic heterocycles. The van der Waals surface area contributed by atoms with Gasteiger partial charge in [-0.3, -0.25) is 9.59 Å². The SMILES string of the molecule is COc1ccc(C(=O)N/C(=C\c2ccc(N(C)C)cc2)C(=O)Nc2ccc(C)cc2)cc1OC. The number of ether oxygens (including phenoxy) is 2. The largest absolute Gasteiger partial charge is 0.493 e. The highest BCUT2D eigenvalue weighted by atomic mass is 16.5. The fourth-order valence-electron chi connectivity index (χ4n) is 3.20. The monoisotopic (exact) mass is 459 g/mol. The van der Waals surface area contributed by atoms with Crippen LogP contribution in [0.1, 0.15) is 21.5 Å². The second-order valence-electron chi connectivity index (χ2n) is 7.89. The smallest absolute Gasteiger partial charge is 0.272 e. The minimum absolute atomic E-state index is 0.109. The Morgan fingerprint density at radius 3 is 2.09 bits per heavy atom. The molecule has 176 valence electrons. The highest BCUT2D eigenvalue weighted by Crippen LogP contribution is 2.27. The molecule has 0 fully saturated rings. The van der Waals surface area contributed by atoms with Crippen LogP contribution in [0, 0.1) is 6.92 Å². The number of methoxy groups -OCH3 is 2. The van der Waals surface area contributed by atoms with Gasteiger partial charge in [-0.15, -0.1) is 0 Å². The first kappa shape index (κ1) is 24.4. The Balaban J connectivity index is 1.91. The molecule has 0 atom stereocenters. The number of anilines is 2. The molecular formula is C27H29N3O4. The fraction of sp³-hybridized carbons (Fsp3) is 0.185. The molecule has 0 heterocycles. The number of benzene rings is 3. The van der Waals surface area contributed by atoms with Crippen molar-refractivity contribution in [2.24, 2.45) is 0 Å². The van der Waals surface area contributed by atoms with E-state index in [1.807, 2.05) is 74.4 Å². The summed E-state index contributed by atoms with van der Waals surface area (Å²) >= 11 is 0. The molecular weight excluding hydrogens is 430 g/mol. The number of nitrogens with zero attached hydrogens (tertiary/aromatic N) is 1. The van der Waals surface area contributed by atoms with E-state index in [1.54, 1.807) is 24.3 Å². The Kier molecular flexibility index (Phi) is 7.92. The first-order valence-electron chi connectivity index (χ1n) is 10.7. The standard InChI is InChI=1S/C27H29N3O4/c1-18-6-11-21(12-7-18)28-27(32)23(16-19-8-13-22(14-9-19)30(2)3)29-26(31)20-10-15-24(33-4)25(17-20)34-5/h6-17H,1-5H3,(H,28,32)(H,29,31)/b23-16-. The van der Waals surface area contributed by atoms with Crippen LogP contribution in [0.15, 0.2) is 72.4 Å². The summed E-state index contributed by atoms with van der Waals surface area (Å²) in [5.41, 5.74) is 3.94. The molecule has 0 saturated heterocycles. The number of hydrogen-bond acceptors (Lipinski definition) is 5. The van der Waals surface area contributed by atoms with E-state index in [0.717, 1.165) is 16.8 Å². The number of carbonyl (C=O) groups excluding carboxylic acids is 2. The second kappa shape index (κ2) is 11.0. The van der Waals surface area contributed by atoms with Gasteiger partial charge in [-0.05, 0) is 61.0 Å². The number of rotatable bonds is 8. The minimum Gasteiger partial charge on any atom is -0.493 e. The van der Waals surface area contributed by atoms with Crippen molar-refractivity contribution in [2.45, 2.75) is 6.92 Å². The average molecular weight is 460 g/mol. The highest BCUT2D eigenvalue weighted by Gasteiger charge is 2.17. The molecule has 7 heteroatoms. The molecule has 2 amide bonds. The van der Waals surface area contributed by atoms with Gasteiger partial charge in [-0.1, -0.05) is 29.8 Å². The summed E-state index contributed by atoms with van der Waals surface area (Å²) in [6, 6.07) is 19.9. The van der Waals surface area contributed by atoms with Crippen LogP contribution in [0.4, 0.5) is 11.4 Å². The lowest BCUT2D eigenvalue weighted by atomic mass is 10.1. The van der Waals surface area contributed by atoms with Crippen LogP contribution < -0.4 is 25.0 Å². The Labute approximate surface area is 200 Å². The number of carbonyl (C=O) groups is 2. The van der Waals surface area contributed by atoms with Crippen molar-refractivity contribution < 1.29 is 19.1 Å². The van der Waals surface area contributed by atoms with Crippen LogP contribution in [-0.2, 0) is 4.79 Å². The molecule has 34 heavy (non-hydrogen) atoms. The minimum atomic E-state index is -0.448. The van der Waals surface area contributed by atoms with Crippen molar-refractivity contribution in [2.75, 3.05) is 38.5 Å². The summed E-state index contributed by atoms with van der Waals surface area (Å²) in [5.74, 6) is 0.0440. The molecule has 0 radical (unpaired) electrons. The van der Waals surface area contributed by atoms with Gasteiger partial charge in [0.2, 0.25) is 0 Å². The van der Waals surface area contributed by atoms with Crippen LogP contribution in [0.3, 0.4) is 0 Å². The van der Waals surface area contributed by atoms with E-state index in [4.69, 9.17) is 9.47 Å². The zero-order valence-corrected chi connectivity index (χ0v) is 20.0. The second-order valence-corrected chi connectivity index (χ2v) is 7.89. The van der Waals surface area contributed by atoms with Gasteiger partial charge in [-0.25, -0.2) is 0 Å². The van der Waals surface area contributed by atoms with E-state index < -0.39 is 11.8 Å². The van der Waals surface area contributed by atoms with Crippen molar-refractivity contribution in [3.63, 3.8) is 0 Å². The summed E-state index contributed by atoms with van der Waals surface area (Å²) in [6.07, 6.45) is 1.64. The van der Waals surface area contributed by atoms with Crippen molar-refractivity contribution in [3.05, 3.63) is 89.1 Å². The van der Waals surface area contributed by atoms with Gasteiger partial charge in [0.15, 0.2) is 11.5 Å². The van der Waals surface area contributed by atoms with Gasteiger partial charge in [0.05, 0.1) is 14.2 Å². The third-order valence-electron chi connectivity index (χ3n) is 5.17.